The summed E-state index contributed by atoms with van der Waals surface area (Å²) < 4.78 is 1.91. The zero-order valence-electron chi connectivity index (χ0n) is 9.20. The molecule has 3 nitrogen and oxygen atoms in total. The molecule has 0 radical (unpaired) electrons. The largest absolute Gasteiger partial charge is 0.357 e. The molecule has 2 rings (SSSR count). The van der Waals surface area contributed by atoms with Gasteiger partial charge in [0.2, 0.25) is 0 Å². The summed E-state index contributed by atoms with van der Waals surface area (Å²) in [6.45, 7) is 0.481. The first-order valence-electron chi connectivity index (χ1n) is 5.64. The second-order valence-electron chi connectivity index (χ2n) is 4.35. The van der Waals surface area contributed by atoms with Gasteiger partial charge in [0.25, 0.3) is 0 Å². The second-order valence-corrected chi connectivity index (χ2v) is 4.35. The number of nitrogens with one attached hydrogen (secondary N) is 1. The molecule has 0 bridgehead atoms. The van der Waals surface area contributed by atoms with Crippen molar-refractivity contribution in [3.63, 3.8) is 0 Å². The second kappa shape index (κ2) is 4.62. The highest BCUT2D eigenvalue weighted by atomic mass is 16.1. The van der Waals surface area contributed by atoms with Gasteiger partial charge in [-0.2, -0.15) is 0 Å². The first-order valence-corrected chi connectivity index (χ1v) is 5.64. The Hall–Kier alpha value is -1.09. The fraction of sp³-hybridized carbons (Fsp3) is 0.583. The first-order chi connectivity index (χ1) is 7.25. The number of hydrogen-bond donors (Lipinski definition) is 1. The fourth-order valence-electron chi connectivity index (χ4n) is 2.14. The third-order valence-electron chi connectivity index (χ3n) is 3.06. The number of hydrogen-bond acceptors (Lipinski definition) is 2. The molecule has 1 aromatic heterocycles. The van der Waals surface area contributed by atoms with Gasteiger partial charge in [-0.05, 0) is 18.9 Å². The summed E-state index contributed by atoms with van der Waals surface area (Å²) in [7, 11) is 1.93. The van der Waals surface area contributed by atoms with Gasteiger partial charge < -0.3 is 9.88 Å². The molecule has 82 valence electrons. The molecule has 0 unspecified atom stereocenters. The lowest BCUT2D eigenvalue weighted by Gasteiger charge is -2.09. The highest BCUT2D eigenvalue weighted by Crippen LogP contribution is 2.17. The van der Waals surface area contributed by atoms with Gasteiger partial charge >= 0.3 is 0 Å². The van der Waals surface area contributed by atoms with Gasteiger partial charge in [0, 0.05) is 31.0 Å². The summed E-state index contributed by atoms with van der Waals surface area (Å²) >= 11 is 0. The Bertz CT molecular complexity index is 337. The Morgan fingerprint density at radius 2 is 2.27 bits per heavy atom. The molecule has 1 aromatic rings. The van der Waals surface area contributed by atoms with Crippen LogP contribution in [-0.4, -0.2) is 22.9 Å². The van der Waals surface area contributed by atoms with E-state index in [1.165, 1.54) is 25.7 Å². The number of nitrogens with zero attached hydrogens (tertiary/aromatic N) is 1. The van der Waals surface area contributed by atoms with E-state index in [1.807, 2.05) is 30.1 Å². The maximum Gasteiger partial charge on any atom is 0.178 e. The van der Waals surface area contributed by atoms with Gasteiger partial charge in [0.05, 0.1) is 6.54 Å². The fourth-order valence-corrected chi connectivity index (χ4v) is 2.14. The average molecular weight is 206 g/mol. The number of Topliss-reactive ketones (excluding diaryl/α,β-unsaturated/α-hetero) is 1. The van der Waals surface area contributed by atoms with Crippen LogP contribution in [-0.2, 0) is 7.05 Å². The minimum absolute atomic E-state index is 0.197. The Kier molecular flexibility index (Phi) is 3.21. The van der Waals surface area contributed by atoms with Crippen LogP contribution < -0.4 is 5.32 Å². The van der Waals surface area contributed by atoms with E-state index in [4.69, 9.17) is 0 Å². The lowest BCUT2D eigenvalue weighted by molar-refractivity contribution is 0.0987. The van der Waals surface area contributed by atoms with Gasteiger partial charge in [-0.3, -0.25) is 4.79 Å². The zero-order chi connectivity index (χ0) is 10.7. The van der Waals surface area contributed by atoms with Gasteiger partial charge in [-0.15, -0.1) is 0 Å². The quantitative estimate of drug-likeness (QED) is 0.761. The highest BCUT2D eigenvalue weighted by molar-refractivity contribution is 5.97. The van der Waals surface area contributed by atoms with Crippen LogP contribution in [0, 0.1) is 0 Å². The van der Waals surface area contributed by atoms with Crippen LogP contribution in [0.5, 0.6) is 0 Å². The molecule has 0 aromatic carbocycles. The molecule has 1 N–H and O–H groups in total. The van der Waals surface area contributed by atoms with Crippen LogP contribution in [0.15, 0.2) is 18.5 Å². The lowest BCUT2D eigenvalue weighted by Crippen LogP contribution is -2.31. The van der Waals surface area contributed by atoms with Gasteiger partial charge in [-0.25, -0.2) is 0 Å². The van der Waals surface area contributed by atoms with E-state index < -0.39 is 0 Å². The van der Waals surface area contributed by atoms with Crippen molar-refractivity contribution < 1.29 is 4.79 Å². The molecule has 0 aliphatic heterocycles. The van der Waals surface area contributed by atoms with E-state index >= 15 is 0 Å². The number of carbonyl (C=O) groups excluding carboxylic acids is 1. The van der Waals surface area contributed by atoms with Crippen molar-refractivity contribution in [2.24, 2.45) is 7.05 Å². The van der Waals surface area contributed by atoms with E-state index in [0.29, 0.717) is 12.6 Å². The van der Waals surface area contributed by atoms with Crippen molar-refractivity contribution in [3.05, 3.63) is 24.0 Å². The highest BCUT2D eigenvalue weighted by Gasteiger charge is 2.15. The maximum atomic E-state index is 11.7. The minimum atomic E-state index is 0.197. The standard InChI is InChI=1S/C12H18N2O/c1-14-7-6-10(9-14)12(15)8-13-11-4-2-3-5-11/h6-7,9,11,13H,2-5,8H2,1H3. The van der Waals surface area contributed by atoms with E-state index in [0.717, 1.165) is 5.56 Å². The summed E-state index contributed by atoms with van der Waals surface area (Å²) in [6, 6.07) is 2.44. The third-order valence-corrected chi connectivity index (χ3v) is 3.06. The number of ketones is 1. The Balaban J connectivity index is 1.81. The topological polar surface area (TPSA) is 34.0 Å². The third kappa shape index (κ3) is 2.69. The van der Waals surface area contributed by atoms with Crippen LogP contribution in [0.25, 0.3) is 0 Å². The first kappa shape index (κ1) is 10.4. The van der Waals surface area contributed by atoms with Crippen molar-refractivity contribution >= 4 is 5.78 Å². The minimum Gasteiger partial charge on any atom is -0.357 e. The van der Waals surface area contributed by atoms with Crippen molar-refractivity contribution in [1.29, 1.82) is 0 Å². The smallest absolute Gasteiger partial charge is 0.178 e. The monoisotopic (exact) mass is 206 g/mol. The summed E-state index contributed by atoms with van der Waals surface area (Å²) in [5.41, 5.74) is 0.808. The summed E-state index contributed by atoms with van der Waals surface area (Å²) in [5, 5.41) is 3.33. The van der Waals surface area contributed by atoms with Crippen LogP contribution >= 0.6 is 0 Å². The molecular formula is C12H18N2O. The van der Waals surface area contributed by atoms with Crippen molar-refractivity contribution in [2.45, 2.75) is 31.7 Å². The normalized spacial score (nSPS) is 17.1. The van der Waals surface area contributed by atoms with E-state index in [-0.39, 0.29) is 5.78 Å². The number of aromatic nitrogens is 1. The van der Waals surface area contributed by atoms with E-state index in [9.17, 15) is 4.79 Å². The predicted molar refractivity (Wildman–Crippen MR) is 60.0 cm³/mol. The average Bonchev–Trinajstić information content (AvgIpc) is 2.84. The van der Waals surface area contributed by atoms with Gasteiger partial charge in [0.1, 0.15) is 0 Å². The van der Waals surface area contributed by atoms with E-state index in [2.05, 4.69) is 5.32 Å². The zero-order valence-corrected chi connectivity index (χ0v) is 9.20. The van der Waals surface area contributed by atoms with Crippen molar-refractivity contribution in [2.75, 3.05) is 6.54 Å². The van der Waals surface area contributed by atoms with E-state index in [1.54, 1.807) is 0 Å². The molecule has 15 heavy (non-hydrogen) atoms. The Morgan fingerprint density at radius 1 is 1.53 bits per heavy atom. The van der Waals surface area contributed by atoms with Crippen LogP contribution in [0.1, 0.15) is 36.0 Å². The number of aryl methyl sites for hydroxylation is 1. The molecule has 1 heterocycles. The van der Waals surface area contributed by atoms with Crippen LogP contribution in [0.4, 0.5) is 0 Å². The lowest BCUT2D eigenvalue weighted by atomic mass is 10.2. The van der Waals surface area contributed by atoms with Crippen LogP contribution in [0.3, 0.4) is 0 Å². The Morgan fingerprint density at radius 3 is 2.87 bits per heavy atom. The molecule has 1 aliphatic rings. The Labute approximate surface area is 90.5 Å². The predicted octanol–water partition coefficient (Wildman–Crippen LogP) is 1.74. The molecular weight excluding hydrogens is 188 g/mol. The van der Waals surface area contributed by atoms with Gasteiger partial charge in [-0.1, -0.05) is 12.8 Å². The molecule has 1 saturated carbocycles. The molecule has 0 spiro atoms. The molecule has 1 fully saturated rings. The van der Waals surface area contributed by atoms with Crippen LogP contribution in [0.2, 0.25) is 0 Å². The summed E-state index contributed by atoms with van der Waals surface area (Å²) in [6.07, 6.45) is 8.83. The molecule has 3 heteroatoms. The van der Waals surface area contributed by atoms with Gasteiger partial charge in [0.15, 0.2) is 5.78 Å². The molecule has 0 saturated heterocycles. The summed E-state index contributed by atoms with van der Waals surface area (Å²) in [4.78, 5) is 11.7. The van der Waals surface area contributed by atoms with Crippen molar-refractivity contribution in [3.8, 4) is 0 Å². The summed E-state index contributed by atoms with van der Waals surface area (Å²) in [5.74, 6) is 0.197. The van der Waals surface area contributed by atoms with Crippen molar-refractivity contribution in [1.82, 2.24) is 9.88 Å². The molecule has 0 amide bonds. The maximum absolute atomic E-state index is 11.7. The number of carbonyl (C=O) groups is 1. The molecule has 1 aliphatic carbocycles. The number of rotatable bonds is 4. The SMILES string of the molecule is Cn1ccc(C(=O)CNC2CCCC2)c1. The molecule has 0 atom stereocenters.